The number of nitrogens with zero attached hydrogens (tertiary/aromatic N) is 2. The quantitative estimate of drug-likeness (QED) is 0.873. The predicted molar refractivity (Wildman–Crippen MR) is 80.9 cm³/mol. The van der Waals surface area contributed by atoms with Crippen molar-refractivity contribution in [2.24, 2.45) is 0 Å². The molecule has 0 amide bonds. The van der Waals surface area contributed by atoms with Gasteiger partial charge in [0.25, 0.3) is 0 Å². The first-order chi connectivity index (χ1) is 9.70. The number of nitrogens with one attached hydrogen (secondary N) is 1. The molecule has 1 heterocycles. The summed E-state index contributed by atoms with van der Waals surface area (Å²) in [6.45, 7) is 2.98. The van der Waals surface area contributed by atoms with Gasteiger partial charge in [0.2, 0.25) is 0 Å². The third-order valence-electron chi connectivity index (χ3n) is 3.06. The van der Waals surface area contributed by atoms with E-state index in [4.69, 9.17) is 0 Å². The zero-order chi connectivity index (χ0) is 14.4. The second kappa shape index (κ2) is 7.45. The molecule has 1 unspecified atom stereocenters. The van der Waals surface area contributed by atoms with Gasteiger partial charge in [-0.3, -0.25) is 0 Å². The van der Waals surface area contributed by atoms with Crippen molar-refractivity contribution in [3.05, 3.63) is 58.3 Å². The highest BCUT2D eigenvalue weighted by molar-refractivity contribution is 9.10. The Morgan fingerprint density at radius 3 is 2.70 bits per heavy atom. The average Bonchev–Trinajstić information content (AvgIpc) is 2.46. The van der Waals surface area contributed by atoms with Crippen molar-refractivity contribution < 1.29 is 4.39 Å². The van der Waals surface area contributed by atoms with E-state index in [1.165, 1.54) is 12.4 Å². The van der Waals surface area contributed by atoms with Gasteiger partial charge in [-0.2, -0.15) is 0 Å². The molecule has 2 aromatic rings. The van der Waals surface area contributed by atoms with Gasteiger partial charge in [-0.25, -0.2) is 14.4 Å². The molecule has 0 spiro atoms. The molecular formula is C15H17BrFN3. The van der Waals surface area contributed by atoms with Crippen LogP contribution in [0.25, 0.3) is 0 Å². The third kappa shape index (κ3) is 4.08. The molecule has 106 valence electrons. The minimum absolute atomic E-state index is 0.0202. The summed E-state index contributed by atoms with van der Waals surface area (Å²) in [4.78, 5) is 8.08. The summed E-state index contributed by atoms with van der Waals surface area (Å²) >= 11 is 3.27. The van der Waals surface area contributed by atoms with Gasteiger partial charge in [-0.05, 0) is 37.1 Å². The van der Waals surface area contributed by atoms with Crippen molar-refractivity contribution >= 4 is 15.9 Å². The fourth-order valence-corrected chi connectivity index (χ4v) is 2.36. The van der Waals surface area contributed by atoms with E-state index in [9.17, 15) is 4.39 Å². The largest absolute Gasteiger partial charge is 0.310 e. The Morgan fingerprint density at radius 2 is 2.05 bits per heavy atom. The number of aromatic nitrogens is 2. The van der Waals surface area contributed by atoms with Crippen molar-refractivity contribution in [1.82, 2.24) is 15.3 Å². The maximum atomic E-state index is 14.0. The zero-order valence-electron chi connectivity index (χ0n) is 11.3. The Morgan fingerprint density at radius 1 is 1.30 bits per heavy atom. The van der Waals surface area contributed by atoms with Crippen LogP contribution in [0.5, 0.6) is 0 Å². The molecule has 0 bridgehead atoms. The van der Waals surface area contributed by atoms with Crippen molar-refractivity contribution in [2.75, 3.05) is 6.54 Å². The molecule has 2 rings (SSSR count). The first kappa shape index (κ1) is 15.1. The van der Waals surface area contributed by atoms with Crippen LogP contribution >= 0.6 is 15.9 Å². The van der Waals surface area contributed by atoms with Crippen LogP contribution in [0.3, 0.4) is 0 Å². The van der Waals surface area contributed by atoms with E-state index < -0.39 is 0 Å². The van der Waals surface area contributed by atoms with Crippen LogP contribution in [0, 0.1) is 5.82 Å². The van der Waals surface area contributed by atoms with Crippen molar-refractivity contribution in [3.63, 3.8) is 0 Å². The fourth-order valence-electron chi connectivity index (χ4n) is 2.02. The molecule has 0 saturated heterocycles. The molecule has 1 aromatic heterocycles. The summed E-state index contributed by atoms with van der Waals surface area (Å²) in [6.07, 6.45) is 6.65. The maximum Gasteiger partial charge on any atom is 0.127 e. The number of benzene rings is 1. The van der Waals surface area contributed by atoms with E-state index in [0.717, 1.165) is 23.0 Å². The van der Waals surface area contributed by atoms with Gasteiger partial charge >= 0.3 is 0 Å². The van der Waals surface area contributed by atoms with Gasteiger partial charge in [0.05, 0.1) is 0 Å². The average molecular weight is 338 g/mol. The fraction of sp³-hybridized carbons (Fsp3) is 0.333. The van der Waals surface area contributed by atoms with Crippen LogP contribution in [-0.4, -0.2) is 16.5 Å². The SMILES string of the molecule is CCCNC(Cc1ccc(Br)cc1F)c1cncnc1. The second-order valence-electron chi connectivity index (χ2n) is 4.62. The van der Waals surface area contributed by atoms with E-state index in [0.29, 0.717) is 12.0 Å². The molecule has 1 N–H and O–H groups in total. The number of halogens is 2. The second-order valence-corrected chi connectivity index (χ2v) is 5.53. The highest BCUT2D eigenvalue weighted by atomic mass is 79.9. The molecule has 0 aliphatic carbocycles. The Balaban J connectivity index is 2.19. The molecule has 0 aliphatic heterocycles. The Kier molecular flexibility index (Phi) is 5.61. The highest BCUT2D eigenvalue weighted by Crippen LogP contribution is 2.21. The summed E-state index contributed by atoms with van der Waals surface area (Å²) in [5.74, 6) is -0.195. The summed E-state index contributed by atoms with van der Waals surface area (Å²) in [7, 11) is 0. The number of rotatable bonds is 6. The van der Waals surface area contributed by atoms with Gasteiger partial charge in [0.1, 0.15) is 12.1 Å². The topological polar surface area (TPSA) is 37.8 Å². The van der Waals surface area contributed by atoms with Crippen LogP contribution in [0.15, 0.2) is 41.4 Å². The standard InChI is InChI=1S/C15H17BrFN3/c1-2-5-20-15(12-8-18-10-19-9-12)6-11-3-4-13(16)7-14(11)17/h3-4,7-10,15,20H,2,5-6H2,1H3. The zero-order valence-corrected chi connectivity index (χ0v) is 12.9. The summed E-state index contributed by atoms with van der Waals surface area (Å²) in [6, 6.07) is 5.18. The Hall–Kier alpha value is -1.33. The van der Waals surface area contributed by atoms with Crippen molar-refractivity contribution in [2.45, 2.75) is 25.8 Å². The van der Waals surface area contributed by atoms with E-state index in [-0.39, 0.29) is 11.9 Å². The van der Waals surface area contributed by atoms with Crippen molar-refractivity contribution in [3.8, 4) is 0 Å². The van der Waals surface area contributed by atoms with Gasteiger partial charge in [-0.15, -0.1) is 0 Å². The molecule has 0 saturated carbocycles. The van der Waals surface area contributed by atoms with Crippen LogP contribution in [0.4, 0.5) is 4.39 Å². The first-order valence-corrected chi connectivity index (χ1v) is 7.42. The first-order valence-electron chi connectivity index (χ1n) is 6.63. The predicted octanol–water partition coefficient (Wildman–Crippen LogP) is 3.66. The summed E-state index contributed by atoms with van der Waals surface area (Å²) < 4.78 is 14.7. The van der Waals surface area contributed by atoms with E-state index in [1.54, 1.807) is 12.4 Å². The molecule has 20 heavy (non-hydrogen) atoms. The van der Waals surface area contributed by atoms with Crippen LogP contribution in [0.2, 0.25) is 0 Å². The van der Waals surface area contributed by atoms with Crippen LogP contribution in [0.1, 0.15) is 30.5 Å². The molecule has 0 radical (unpaired) electrons. The van der Waals surface area contributed by atoms with E-state index in [1.807, 2.05) is 12.1 Å². The molecule has 1 atom stereocenters. The van der Waals surface area contributed by atoms with Crippen LogP contribution in [-0.2, 0) is 6.42 Å². The summed E-state index contributed by atoms with van der Waals surface area (Å²) in [5.41, 5.74) is 1.66. The monoisotopic (exact) mass is 337 g/mol. The molecule has 0 fully saturated rings. The van der Waals surface area contributed by atoms with Crippen molar-refractivity contribution in [1.29, 1.82) is 0 Å². The lowest BCUT2D eigenvalue weighted by molar-refractivity contribution is 0.510. The van der Waals surface area contributed by atoms with E-state index >= 15 is 0 Å². The third-order valence-corrected chi connectivity index (χ3v) is 3.56. The smallest absolute Gasteiger partial charge is 0.127 e. The normalized spacial score (nSPS) is 12.3. The van der Waals surface area contributed by atoms with E-state index in [2.05, 4.69) is 38.1 Å². The lowest BCUT2D eigenvalue weighted by Gasteiger charge is -2.18. The molecular weight excluding hydrogens is 321 g/mol. The Bertz CT molecular complexity index is 548. The maximum absolute atomic E-state index is 14.0. The lowest BCUT2D eigenvalue weighted by Crippen LogP contribution is -2.24. The van der Waals surface area contributed by atoms with Gasteiger partial charge in [0, 0.05) is 28.5 Å². The molecule has 1 aromatic carbocycles. The summed E-state index contributed by atoms with van der Waals surface area (Å²) in [5, 5.41) is 3.42. The molecule has 5 heteroatoms. The molecule has 3 nitrogen and oxygen atoms in total. The minimum Gasteiger partial charge on any atom is -0.310 e. The van der Waals surface area contributed by atoms with Crippen LogP contribution < -0.4 is 5.32 Å². The van der Waals surface area contributed by atoms with Gasteiger partial charge < -0.3 is 5.32 Å². The highest BCUT2D eigenvalue weighted by Gasteiger charge is 2.14. The minimum atomic E-state index is -0.195. The number of hydrogen-bond acceptors (Lipinski definition) is 3. The number of hydrogen-bond donors (Lipinski definition) is 1. The lowest BCUT2D eigenvalue weighted by atomic mass is 10.0. The Labute approximate surface area is 126 Å². The van der Waals surface area contributed by atoms with Gasteiger partial charge in [0.15, 0.2) is 0 Å². The molecule has 0 aliphatic rings. The van der Waals surface area contributed by atoms with Gasteiger partial charge in [-0.1, -0.05) is 28.9 Å².